The fraction of sp³-hybridized carbons (Fsp3) is 0.680. The molecule has 1 fully saturated rings. The van der Waals surface area contributed by atoms with Gasteiger partial charge in [0.1, 0.15) is 0 Å². The molecule has 4 atom stereocenters. The zero-order chi connectivity index (χ0) is 24.4. The molecule has 0 aromatic heterocycles. The van der Waals surface area contributed by atoms with Crippen LogP contribution < -0.4 is 11.1 Å². The smallest absolute Gasteiger partial charge is 0.237 e. The lowest BCUT2D eigenvalue weighted by atomic mass is 9.91. The van der Waals surface area contributed by atoms with Crippen LogP contribution in [-0.4, -0.2) is 52.2 Å². The Morgan fingerprint density at radius 2 is 1.79 bits per heavy atom. The number of carbonyl (C=O) groups excluding carboxylic acids is 2. The maximum atomic E-state index is 12.8. The molecule has 1 unspecified atom stereocenters. The third-order valence-corrected chi connectivity index (χ3v) is 8.51. The maximum Gasteiger partial charge on any atom is 0.237 e. The molecule has 0 heterocycles. The summed E-state index contributed by atoms with van der Waals surface area (Å²) < 4.78 is 12.6. The molecule has 1 aromatic carbocycles. The largest absolute Gasteiger partial charge is 0.393 e. The Balaban J connectivity index is 1.82. The van der Waals surface area contributed by atoms with Crippen LogP contribution in [0.25, 0.3) is 0 Å². The first-order valence-electron chi connectivity index (χ1n) is 12.2. The summed E-state index contributed by atoms with van der Waals surface area (Å²) in [5, 5.41) is 13.1. The van der Waals surface area contributed by atoms with Crippen molar-refractivity contribution >= 4 is 19.1 Å². The number of ketones is 1. The van der Waals surface area contributed by atoms with E-state index in [2.05, 4.69) is 5.32 Å². The Bertz CT molecular complexity index is 795. The van der Waals surface area contributed by atoms with Gasteiger partial charge in [-0.2, -0.15) is 0 Å². The first kappa shape index (κ1) is 27.7. The van der Waals surface area contributed by atoms with E-state index in [4.69, 9.17) is 5.73 Å². The van der Waals surface area contributed by atoms with E-state index in [1.54, 1.807) is 0 Å². The molecule has 0 radical (unpaired) electrons. The number of benzene rings is 1. The van der Waals surface area contributed by atoms with E-state index in [1.807, 2.05) is 44.2 Å². The lowest BCUT2D eigenvalue weighted by Gasteiger charge is -2.26. The van der Waals surface area contributed by atoms with Gasteiger partial charge in [-0.05, 0) is 43.1 Å². The van der Waals surface area contributed by atoms with Crippen molar-refractivity contribution < 1.29 is 24.2 Å². The van der Waals surface area contributed by atoms with Crippen LogP contribution in [0.1, 0.15) is 64.4 Å². The maximum absolute atomic E-state index is 12.8. The van der Waals surface area contributed by atoms with E-state index >= 15 is 0 Å². The molecule has 2 rings (SSSR count). The van der Waals surface area contributed by atoms with Gasteiger partial charge in [0.25, 0.3) is 0 Å². The van der Waals surface area contributed by atoms with Gasteiger partial charge in [0.15, 0.2) is 5.78 Å². The SMILES string of the molecule is CC(C)[C@@H](NC(=O)[C@@H](N)Cc1ccccc1)C(=O)CC[C@@H](O)CP(=O)(O)CC1CCCCC1. The average Bonchev–Trinajstić information content (AvgIpc) is 2.76. The molecule has 1 aromatic rings. The standard InChI is InChI=1S/C25H41N2O5P/c1-18(2)24(27-25(30)22(26)15-19-9-5-3-6-10-19)23(29)14-13-21(28)17-33(31,32)16-20-11-7-4-8-12-20/h3,5-6,9-10,18,20-22,24,28H,4,7-8,11-17,26H2,1-2H3,(H,27,30)(H,31,32)/t21-,22+,24-/m1/s1. The summed E-state index contributed by atoms with van der Waals surface area (Å²) in [6.45, 7) is 3.68. The number of aliphatic hydroxyl groups excluding tert-OH is 1. The Hall–Kier alpha value is -1.53. The third kappa shape index (κ3) is 10.1. The molecular weight excluding hydrogens is 439 g/mol. The average molecular weight is 481 g/mol. The van der Waals surface area contributed by atoms with Crippen LogP contribution in [0.2, 0.25) is 0 Å². The molecular formula is C25H41N2O5P. The van der Waals surface area contributed by atoms with E-state index in [1.165, 1.54) is 6.42 Å². The topological polar surface area (TPSA) is 130 Å². The number of rotatable bonds is 13. The Kier molecular flexibility index (Phi) is 11.2. The lowest BCUT2D eigenvalue weighted by molar-refractivity contribution is -0.129. The molecule has 186 valence electrons. The van der Waals surface area contributed by atoms with Crippen molar-refractivity contribution in [2.75, 3.05) is 12.3 Å². The zero-order valence-electron chi connectivity index (χ0n) is 20.0. The van der Waals surface area contributed by atoms with Crippen molar-refractivity contribution in [3.05, 3.63) is 35.9 Å². The van der Waals surface area contributed by atoms with Crippen LogP contribution in [-0.2, 0) is 20.6 Å². The van der Waals surface area contributed by atoms with Crippen molar-refractivity contribution in [3.8, 4) is 0 Å². The number of hydrogen-bond acceptors (Lipinski definition) is 5. The van der Waals surface area contributed by atoms with Crippen molar-refractivity contribution in [3.63, 3.8) is 0 Å². The monoisotopic (exact) mass is 480 g/mol. The number of carbonyl (C=O) groups is 2. The second-order valence-electron chi connectivity index (χ2n) is 9.90. The quantitative estimate of drug-likeness (QED) is 0.321. The molecule has 33 heavy (non-hydrogen) atoms. The van der Waals surface area contributed by atoms with Gasteiger partial charge in [-0.1, -0.05) is 63.4 Å². The van der Waals surface area contributed by atoms with Crippen LogP contribution in [0.3, 0.4) is 0 Å². The van der Waals surface area contributed by atoms with Crippen LogP contribution in [0, 0.1) is 11.8 Å². The van der Waals surface area contributed by atoms with Gasteiger partial charge in [-0.3, -0.25) is 14.2 Å². The Morgan fingerprint density at radius 3 is 2.39 bits per heavy atom. The molecule has 7 nitrogen and oxygen atoms in total. The molecule has 1 amide bonds. The Morgan fingerprint density at radius 1 is 1.15 bits per heavy atom. The fourth-order valence-electron chi connectivity index (χ4n) is 4.57. The van der Waals surface area contributed by atoms with Crippen molar-refractivity contribution in [2.24, 2.45) is 17.6 Å². The number of nitrogens with one attached hydrogen (secondary N) is 1. The molecule has 0 saturated heterocycles. The molecule has 8 heteroatoms. The first-order valence-corrected chi connectivity index (χ1v) is 14.2. The second kappa shape index (κ2) is 13.4. The minimum Gasteiger partial charge on any atom is -0.393 e. The van der Waals surface area contributed by atoms with Gasteiger partial charge in [-0.25, -0.2) is 0 Å². The minimum absolute atomic E-state index is 0.0294. The molecule has 1 aliphatic rings. The lowest BCUT2D eigenvalue weighted by Crippen LogP contribution is -2.51. The fourth-order valence-corrected chi connectivity index (χ4v) is 6.73. The molecule has 5 N–H and O–H groups in total. The predicted octanol–water partition coefficient (Wildman–Crippen LogP) is 3.26. The molecule has 1 aliphatic carbocycles. The van der Waals surface area contributed by atoms with Gasteiger partial charge < -0.3 is 21.1 Å². The van der Waals surface area contributed by atoms with E-state index in [-0.39, 0.29) is 42.8 Å². The Labute approximate surface area is 198 Å². The van der Waals surface area contributed by atoms with E-state index < -0.39 is 31.5 Å². The van der Waals surface area contributed by atoms with Gasteiger partial charge >= 0.3 is 0 Å². The second-order valence-corrected chi connectivity index (χ2v) is 12.3. The van der Waals surface area contributed by atoms with Crippen molar-refractivity contribution in [2.45, 2.75) is 83.4 Å². The van der Waals surface area contributed by atoms with Gasteiger partial charge in [0.2, 0.25) is 13.3 Å². The zero-order valence-corrected chi connectivity index (χ0v) is 20.9. The van der Waals surface area contributed by atoms with E-state index in [0.29, 0.717) is 6.42 Å². The predicted molar refractivity (Wildman–Crippen MR) is 131 cm³/mol. The summed E-state index contributed by atoms with van der Waals surface area (Å²) in [6, 6.07) is 7.96. The highest BCUT2D eigenvalue weighted by Gasteiger charge is 2.30. The van der Waals surface area contributed by atoms with Gasteiger partial charge in [0, 0.05) is 12.6 Å². The number of aliphatic hydroxyl groups is 1. The van der Waals surface area contributed by atoms with Crippen LogP contribution in [0.5, 0.6) is 0 Å². The van der Waals surface area contributed by atoms with Crippen LogP contribution >= 0.6 is 7.37 Å². The minimum atomic E-state index is -3.44. The van der Waals surface area contributed by atoms with E-state index in [0.717, 1.165) is 31.2 Å². The number of nitrogens with two attached hydrogens (primary N) is 1. The summed E-state index contributed by atoms with van der Waals surface area (Å²) in [7, 11) is -3.44. The van der Waals surface area contributed by atoms with Gasteiger partial charge in [0.05, 0.1) is 24.3 Å². The highest BCUT2D eigenvalue weighted by Crippen LogP contribution is 2.46. The third-order valence-electron chi connectivity index (χ3n) is 6.43. The summed E-state index contributed by atoms with van der Waals surface area (Å²) in [6.07, 6.45) is 4.88. The van der Waals surface area contributed by atoms with Crippen LogP contribution in [0.15, 0.2) is 30.3 Å². The van der Waals surface area contributed by atoms with Crippen LogP contribution in [0.4, 0.5) is 0 Å². The molecule has 0 spiro atoms. The summed E-state index contributed by atoms with van der Waals surface area (Å²) in [5.74, 6) is -0.482. The summed E-state index contributed by atoms with van der Waals surface area (Å²) in [5.41, 5.74) is 6.99. The van der Waals surface area contributed by atoms with Crippen molar-refractivity contribution in [1.29, 1.82) is 0 Å². The normalized spacial score (nSPS) is 19.5. The summed E-state index contributed by atoms with van der Waals surface area (Å²) in [4.78, 5) is 35.7. The number of hydrogen-bond donors (Lipinski definition) is 4. The summed E-state index contributed by atoms with van der Waals surface area (Å²) >= 11 is 0. The first-order chi connectivity index (χ1) is 15.6. The highest BCUT2D eigenvalue weighted by atomic mass is 31.2. The molecule has 0 aliphatic heterocycles. The highest BCUT2D eigenvalue weighted by molar-refractivity contribution is 7.58. The molecule has 1 saturated carbocycles. The molecule has 0 bridgehead atoms. The van der Waals surface area contributed by atoms with Crippen molar-refractivity contribution in [1.82, 2.24) is 5.32 Å². The van der Waals surface area contributed by atoms with Gasteiger partial charge in [-0.15, -0.1) is 0 Å². The number of amides is 1. The number of Topliss-reactive ketones (excluding diaryl/α,β-unsaturated/α-hetero) is 1. The van der Waals surface area contributed by atoms with E-state index in [9.17, 15) is 24.2 Å².